The summed E-state index contributed by atoms with van der Waals surface area (Å²) in [6.07, 6.45) is 1.51. The molecule has 10 heteroatoms. The van der Waals surface area contributed by atoms with E-state index in [0.717, 1.165) is 27.1 Å². The predicted octanol–water partition coefficient (Wildman–Crippen LogP) is 3.99. The zero-order valence-electron chi connectivity index (χ0n) is 14.4. The molecule has 6 nitrogen and oxygen atoms in total. The van der Waals surface area contributed by atoms with Crippen LogP contribution < -0.4 is 5.73 Å². The molecule has 0 radical (unpaired) electrons. The lowest BCUT2D eigenvalue weighted by Gasteiger charge is -2.08. The highest BCUT2D eigenvalue weighted by Crippen LogP contribution is 2.29. The van der Waals surface area contributed by atoms with Gasteiger partial charge in [0.1, 0.15) is 0 Å². The van der Waals surface area contributed by atoms with Crippen LogP contribution in [-0.4, -0.2) is 19.7 Å². The lowest BCUT2D eigenvalue weighted by atomic mass is 10.1. The van der Waals surface area contributed by atoms with Crippen LogP contribution in [0.15, 0.2) is 60.2 Å². The summed E-state index contributed by atoms with van der Waals surface area (Å²) in [5.74, 6) is 0.205. The van der Waals surface area contributed by atoms with E-state index in [1.165, 1.54) is 18.6 Å². The molecule has 3 rings (SSSR count). The first-order chi connectivity index (χ1) is 13.3. The van der Waals surface area contributed by atoms with Crippen LogP contribution in [0.25, 0.3) is 5.82 Å². The minimum absolute atomic E-state index is 0.205. The highest BCUT2D eigenvalue weighted by Gasteiger charge is 2.32. The van der Waals surface area contributed by atoms with Crippen LogP contribution in [0, 0.1) is 11.3 Å². The summed E-state index contributed by atoms with van der Waals surface area (Å²) in [6.45, 7) is 3.14. The maximum Gasteiger partial charge on any atom is 0.419 e. The third kappa shape index (κ3) is 5.40. The maximum atomic E-state index is 12.8. The van der Waals surface area contributed by atoms with E-state index in [9.17, 15) is 13.2 Å². The molecule has 0 fully saturated rings. The summed E-state index contributed by atoms with van der Waals surface area (Å²) in [7, 11) is 0. The van der Waals surface area contributed by atoms with Gasteiger partial charge in [-0.05, 0) is 30.0 Å². The van der Waals surface area contributed by atoms with E-state index in [1.807, 2.05) is 6.07 Å². The summed E-state index contributed by atoms with van der Waals surface area (Å²) in [4.78, 5) is 8.30. The molecule has 0 aliphatic heterocycles. The molecule has 2 heterocycles. The third-order valence-corrected chi connectivity index (χ3v) is 3.79. The normalized spacial score (nSPS) is 10.5. The second-order valence-corrected chi connectivity index (χ2v) is 6.29. The zero-order chi connectivity index (χ0) is 20.7. The summed E-state index contributed by atoms with van der Waals surface area (Å²) < 4.78 is 40.1. The van der Waals surface area contributed by atoms with Crippen LogP contribution in [0.2, 0.25) is 0 Å². The van der Waals surface area contributed by atoms with Gasteiger partial charge in [-0.3, -0.25) is 4.98 Å². The number of benzene rings is 1. The fourth-order valence-electron chi connectivity index (χ4n) is 2.27. The van der Waals surface area contributed by atoms with Gasteiger partial charge in [-0.2, -0.15) is 23.5 Å². The van der Waals surface area contributed by atoms with Crippen molar-refractivity contribution in [3.8, 4) is 11.9 Å². The Labute approximate surface area is 167 Å². The van der Waals surface area contributed by atoms with Crippen molar-refractivity contribution in [1.29, 1.82) is 5.26 Å². The average Bonchev–Trinajstić information content (AvgIpc) is 3.13. The SMILES string of the molecule is C=CN.N#Cc1cc(Br)cc(Cc2nccnc2-n2cc(C(F)(F)F)cn2)c1. The number of alkyl halides is 3. The van der Waals surface area contributed by atoms with Gasteiger partial charge in [-0.15, -0.1) is 0 Å². The predicted molar refractivity (Wildman–Crippen MR) is 100 cm³/mol. The Morgan fingerprint density at radius 2 is 1.93 bits per heavy atom. The van der Waals surface area contributed by atoms with Crippen LogP contribution in [-0.2, 0) is 12.6 Å². The molecule has 0 spiro atoms. The Bertz CT molecular complexity index is 1010. The Hall–Kier alpha value is -3.19. The van der Waals surface area contributed by atoms with Gasteiger partial charge in [0.15, 0.2) is 5.82 Å². The molecule has 1 aromatic carbocycles. The monoisotopic (exact) mass is 450 g/mol. The molecule has 3 aromatic rings. The van der Waals surface area contributed by atoms with Crippen molar-refractivity contribution in [3.63, 3.8) is 0 Å². The summed E-state index contributed by atoms with van der Waals surface area (Å²) >= 11 is 3.33. The number of rotatable bonds is 3. The largest absolute Gasteiger partial charge is 0.419 e. The van der Waals surface area contributed by atoms with Crippen LogP contribution in [0.5, 0.6) is 0 Å². The second kappa shape index (κ2) is 9.14. The van der Waals surface area contributed by atoms with Gasteiger partial charge in [0.2, 0.25) is 0 Å². The number of nitriles is 1. The molecule has 0 saturated heterocycles. The van der Waals surface area contributed by atoms with E-state index < -0.39 is 11.7 Å². The van der Waals surface area contributed by atoms with Gasteiger partial charge in [0.25, 0.3) is 0 Å². The number of hydrogen-bond acceptors (Lipinski definition) is 5. The second-order valence-electron chi connectivity index (χ2n) is 5.37. The van der Waals surface area contributed by atoms with Crippen LogP contribution in [0.4, 0.5) is 13.2 Å². The molecule has 2 aromatic heterocycles. The first-order valence-corrected chi connectivity index (χ1v) is 8.52. The van der Waals surface area contributed by atoms with E-state index in [2.05, 4.69) is 49.4 Å². The molecule has 0 bridgehead atoms. The van der Waals surface area contributed by atoms with Gasteiger partial charge in [0.05, 0.1) is 29.1 Å². The Morgan fingerprint density at radius 3 is 2.54 bits per heavy atom. The maximum absolute atomic E-state index is 12.8. The minimum atomic E-state index is -4.48. The van der Waals surface area contributed by atoms with Crippen molar-refractivity contribution < 1.29 is 13.2 Å². The first kappa shape index (κ1) is 21.1. The summed E-state index contributed by atoms with van der Waals surface area (Å²) in [5.41, 5.74) is 5.43. The van der Waals surface area contributed by atoms with Gasteiger partial charge in [-0.1, -0.05) is 22.5 Å². The standard InChI is InChI=1S/C16H9BrF3N5.C2H5N/c17-13-4-10(3-11(5-13)7-21)6-14-15(23-2-1-22-14)25-9-12(8-24-25)16(18,19)20;1-2-3/h1-5,8-9H,6H2;2H,1,3H2. The molecule has 0 aliphatic rings. The molecular weight excluding hydrogens is 437 g/mol. The molecule has 144 valence electrons. The van der Waals surface area contributed by atoms with E-state index in [4.69, 9.17) is 5.26 Å². The molecular formula is C18H14BrF3N6. The molecule has 28 heavy (non-hydrogen) atoms. The van der Waals surface area contributed by atoms with Crippen LogP contribution >= 0.6 is 15.9 Å². The molecule has 0 saturated carbocycles. The summed E-state index contributed by atoms with van der Waals surface area (Å²) in [5, 5.41) is 12.8. The number of nitrogens with zero attached hydrogens (tertiary/aromatic N) is 5. The molecule has 0 unspecified atom stereocenters. The number of halogens is 4. The van der Waals surface area contributed by atoms with E-state index >= 15 is 0 Å². The van der Waals surface area contributed by atoms with Crippen LogP contribution in [0.1, 0.15) is 22.4 Å². The lowest BCUT2D eigenvalue weighted by Crippen LogP contribution is -2.07. The van der Waals surface area contributed by atoms with Gasteiger partial charge < -0.3 is 5.73 Å². The van der Waals surface area contributed by atoms with Gasteiger partial charge in [0, 0.05) is 29.5 Å². The minimum Gasteiger partial charge on any atom is -0.405 e. The number of aromatic nitrogens is 4. The quantitative estimate of drug-likeness (QED) is 0.650. The van der Waals surface area contributed by atoms with Crippen molar-refractivity contribution in [3.05, 3.63) is 82.6 Å². The van der Waals surface area contributed by atoms with Gasteiger partial charge >= 0.3 is 6.18 Å². The zero-order valence-corrected chi connectivity index (χ0v) is 15.9. The Kier molecular flexibility index (Phi) is 6.89. The first-order valence-electron chi connectivity index (χ1n) is 7.72. The molecule has 0 amide bonds. The van der Waals surface area contributed by atoms with Crippen molar-refractivity contribution in [2.75, 3.05) is 0 Å². The fourth-order valence-corrected chi connectivity index (χ4v) is 2.81. The highest BCUT2D eigenvalue weighted by molar-refractivity contribution is 9.10. The average molecular weight is 451 g/mol. The highest BCUT2D eigenvalue weighted by atomic mass is 79.9. The molecule has 0 aliphatic carbocycles. The van der Waals surface area contributed by atoms with E-state index in [1.54, 1.807) is 12.1 Å². The van der Waals surface area contributed by atoms with E-state index in [0.29, 0.717) is 17.7 Å². The Morgan fingerprint density at radius 1 is 1.25 bits per heavy atom. The smallest absolute Gasteiger partial charge is 0.405 e. The Balaban J connectivity index is 0.000000878. The van der Waals surface area contributed by atoms with Crippen molar-refractivity contribution in [2.45, 2.75) is 12.6 Å². The summed E-state index contributed by atoms with van der Waals surface area (Å²) in [6, 6.07) is 7.22. The van der Waals surface area contributed by atoms with Crippen LogP contribution in [0.3, 0.4) is 0 Å². The lowest BCUT2D eigenvalue weighted by molar-refractivity contribution is -0.137. The number of nitrogens with two attached hydrogens (primary N) is 1. The topological polar surface area (TPSA) is 93.4 Å². The van der Waals surface area contributed by atoms with E-state index in [-0.39, 0.29) is 5.82 Å². The molecule has 2 N–H and O–H groups in total. The number of hydrogen-bond donors (Lipinski definition) is 1. The van der Waals surface area contributed by atoms with Crippen molar-refractivity contribution in [2.24, 2.45) is 5.73 Å². The third-order valence-electron chi connectivity index (χ3n) is 3.34. The van der Waals surface area contributed by atoms with Gasteiger partial charge in [-0.25, -0.2) is 9.67 Å². The van der Waals surface area contributed by atoms with Crippen molar-refractivity contribution in [1.82, 2.24) is 19.7 Å². The fraction of sp³-hybridized carbons (Fsp3) is 0.111. The molecule has 0 atom stereocenters. The van der Waals surface area contributed by atoms with Crippen molar-refractivity contribution >= 4 is 15.9 Å².